The van der Waals surface area contributed by atoms with E-state index < -0.39 is 0 Å². The molecule has 0 aromatic heterocycles. The number of nitrogens with zero attached hydrogens (tertiary/aromatic N) is 1. The molecule has 3 rings (SSSR count). The van der Waals surface area contributed by atoms with E-state index >= 15 is 0 Å². The molecule has 0 aliphatic rings. The van der Waals surface area contributed by atoms with E-state index in [2.05, 4.69) is 111 Å². The van der Waals surface area contributed by atoms with Gasteiger partial charge in [0, 0.05) is 23.0 Å². The molecule has 0 unspecified atom stereocenters. The topological polar surface area (TPSA) is 3.24 Å². The third kappa shape index (κ3) is 3.61. The first-order valence-corrected chi connectivity index (χ1v) is 9.12. The van der Waals surface area contributed by atoms with Crippen LogP contribution in [-0.4, -0.2) is 6.04 Å². The fraction of sp³-hybridized carbons (Fsp3) is 0.250. The fourth-order valence-electron chi connectivity index (χ4n) is 3.46. The van der Waals surface area contributed by atoms with E-state index in [9.17, 15) is 0 Å². The van der Waals surface area contributed by atoms with Crippen molar-refractivity contribution in [2.45, 2.75) is 39.7 Å². The highest BCUT2D eigenvalue weighted by molar-refractivity contribution is 5.85. The summed E-state index contributed by atoms with van der Waals surface area (Å²) in [5, 5.41) is 0. The van der Waals surface area contributed by atoms with Gasteiger partial charge in [0.2, 0.25) is 0 Å². The van der Waals surface area contributed by atoms with Gasteiger partial charge in [-0.25, -0.2) is 0 Å². The monoisotopic (exact) mass is 329 g/mol. The average molecular weight is 329 g/mol. The van der Waals surface area contributed by atoms with Crippen molar-refractivity contribution in [3.63, 3.8) is 0 Å². The van der Waals surface area contributed by atoms with E-state index in [0.717, 1.165) is 0 Å². The van der Waals surface area contributed by atoms with Crippen molar-refractivity contribution in [3.05, 3.63) is 84.4 Å². The van der Waals surface area contributed by atoms with Gasteiger partial charge in [-0.3, -0.25) is 0 Å². The van der Waals surface area contributed by atoms with E-state index in [1.54, 1.807) is 0 Å². The molecule has 0 heterocycles. The second kappa shape index (κ2) is 7.57. The predicted octanol–water partition coefficient (Wildman–Crippen LogP) is 7.02. The second-order valence-corrected chi connectivity index (χ2v) is 7.06. The lowest BCUT2D eigenvalue weighted by Crippen LogP contribution is -2.26. The Kier molecular flexibility index (Phi) is 5.23. The zero-order valence-electron chi connectivity index (χ0n) is 15.6. The van der Waals surface area contributed by atoms with E-state index in [1.807, 2.05) is 0 Å². The van der Waals surface area contributed by atoms with Gasteiger partial charge in [-0.15, -0.1) is 0 Å². The van der Waals surface area contributed by atoms with Gasteiger partial charge in [0.15, 0.2) is 0 Å². The lowest BCUT2D eigenvalue weighted by atomic mass is 9.90. The lowest BCUT2D eigenvalue weighted by Gasteiger charge is -2.32. The standard InChI is InChI=1S/C24H27N/c1-18(2)22-16-11-17-23(24(22)20-12-7-5-8-13-20)25(19(3)4)21-14-9-6-10-15-21/h5-19H,1-4H3. The molecule has 0 atom stereocenters. The highest BCUT2D eigenvalue weighted by atomic mass is 15.2. The fourth-order valence-corrected chi connectivity index (χ4v) is 3.46. The highest BCUT2D eigenvalue weighted by Crippen LogP contribution is 2.41. The van der Waals surface area contributed by atoms with Crippen LogP contribution in [0.3, 0.4) is 0 Å². The molecular weight excluding hydrogens is 302 g/mol. The SMILES string of the molecule is CC(C)c1cccc(N(c2ccccc2)C(C)C)c1-c1ccccc1. The Labute approximate surface area is 151 Å². The Balaban J connectivity index is 2.26. The molecule has 0 aliphatic heterocycles. The van der Waals surface area contributed by atoms with Crippen LogP contribution in [0.4, 0.5) is 11.4 Å². The first-order valence-electron chi connectivity index (χ1n) is 9.12. The molecule has 0 N–H and O–H groups in total. The van der Waals surface area contributed by atoms with E-state index in [-0.39, 0.29) is 0 Å². The van der Waals surface area contributed by atoms with Gasteiger partial charge in [0.1, 0.15) is 0 Å². The van der Waals surface area contributed by atoms with Crippen LogP contribution < -0.4 is 4.90 Å². The predicted molar refractivity (Wildman–Crippen MR) is 110 cm³/mol. The summed E-state index contributed by atoms with van der Waals surface area (Å²) in [5.74, 6) is 0.472. The summed E-state index contributed by atoms with van der Waals surface area (Å²) in [4.78, 5) is 2.44. The molecule has 128 valence electrons. The van der Waals surface area contributed by atoms with Crippen LogP contribution in [0.15, 0.2) is 78.9 Å². The molecule has 0 saturated heterocycles. The number of hydrogen-bond donors (Lipinski definition) is 0. The van der Waals surface area contributed by atoms with E-state index in [1.165, 1.54) is 28.1 Å². The summed E-state index contributed by atoms with van der Waals surface area (Å²) in [6.07, 6.45) is 0. The molecule has 3 aromatic rings. The smallest absolute Gasteiger partial charge is 0.0495 e. The maximum absolute atomic E-state index is 2.44. The van der Waals surface area contributed by atoms with Gasteiger partial charge in [0.05, 0.1) is 0 Å². The van der Waals surface area contributed by atoms with Gasteiger partial charge >= 0.3 is 0 Å². The molecule has 3 aromatic carbocycles. The van der Waals surface area contributed by atoms with Crippen LogP contribution in [0.5, 0.6) is 0 Å². The Bertz CT molecular complexity index is 804. The molecule has 0 fully saturated rings. The Hall–Kier alpha value is -2.54. The van der Waals surface area contributed by atoms with Crippen molar-refractivity contribution in [1.29, 1.82) is 0 Å². The van der Waals surface area contributed by atoms with Crippen molar-refractivity contribution < 1.29 is 0 Å². The Morgan fingerprint density at radius 1 is 0.640 bits per heavy atom. The Morgan fingerprint density at radius 3 is 1.80 bits per heavy atom. The molecule has 0 amide bonds. The molecule has 0 spiro atoms. The van der Waals surface area contributed by atoms with Gasteiger partial charge in [-0.2, -0.15) is 0 Å². The molecule has 25 heavy (non-hydrogen) atoms. The second-order valence-electron chi connectivity index (χ2n) is 7.06. The van der Waals surface area contributed by atoms with Crippen LogP contribution in [0.25, 0.3) is 11.1 Å². The minimum absolute atomic E-state index is 0.368. The minimum Gasteiger partial charge on any atom is -0.338 e. The van der Waals surface area contributed by atoms with Crippen LogP contribution in [0.2, 0.25) is 0 Å². The number of para-hydroxylation sites is 1. The van der Waals surface area contributed by atoms with E-state index in [0.29, 0.717) is 12.0 Å². The van der Waals surface area contributed by atoms with Crippen LogP contribution in [0.1, 0.15) is 39.2 Å². The van der Waals surface area contributed by atoms with Crippen molar-refractivity contribution in [2.75, 3.05) is 4.90 Å². The lowest BCUT2D eigenvalue weighted by molar-refractivity contribution is 0.786. The molecule has 0 aliphatic carbocycles. The third-order valence-corrected chi connectivity index (χ3v) is 4.57. The first-order chi connectivity index (χ1) is 12.1. The Morgan fingerprint density at radius 2 is 1.24 bits per heavy atom. The summed E-state index contributed by atoms with van der Waals surface area (Å²) in [5.41, 5.74) is 6.53. The van der Waals surface area contributed by atoms with Crippen molar-refractivity contribution in [3.8, 4) is 11.1 Å². The number of benzene rings is 3. The van der Waals surface area contributed by atoms with Crippen LogP contribution in [0, 0.1) is 0 Å². The quantitative estimate of drug-likeness (QED) is 0.486. The average Bonchev–Trinajstić information content (AvgIpc) is 2.63. The van der Waals surface area contributed by atoms with Crippen molar-refractivity contribution >= 4 is 11.4 Å². The molecule has 1 heteroatoms. The highest BCUT2D eigenvalue weighted by Gasteiger charge is 2.20. The molecule has 0 bridgehead atoms. The van der Waals surface area contributed by atoms with Crippen LogP contribution in [-0.2, 0) is 0 Å². The zero-order chi connectivity index (χ0) is 17.8. The number of rotatable bonds is 5. The molecule has 0 saturated carbocycles. The zero-order valence-corrected chi connectivity index (χ0v) is 15.6. The van der Waals surface area contributed by atoms with Gasteiger partial charge in [-0.05, 0) is 49.1 Å². The summed E-state index contributed by atoms with van der Waals surface area (Å²) >= 11 is 0. The molecular formula is C24H27N. The summed E-state index contributed by atoms with van der Waals surface area (Å²) in [7, 11) is 0. The van der Waals surface area contributed by atoms with Gasteiger partial charge < -0.3 is 4.90 Å². The largest absolute Gasteiger partial charge is 0.338 e. The van der Waals surface area contributed by atoms with Crippen molar-refractivity contribution in [2.24, 2.45) is 0 Å². The normalized spacial score (nSPS) is 11.1. The molecule has 0 radical (unpaired) electrons. The maximum atomic E-state index is 2.44. The van der Waals surface area contributed by atoms with Gasteiger partial charge in [0.25, 0.3) is 0 Å². The minimum atomic E-state index is 0.368. The van der Waals surface area contributed by atoms with Gasteiger partial charge in [-0.1, -0.05) is 74.5 Å². The summed E-state index contributed by atoms with van der Waals surface area (Å²) in [6.45, 7) is 9.05. The van der Waals surface area contributed by atoms with Crippen molar-refractivity contribution in [1.82, 2.24) is 0 Å². The van der Waals surface area contributed by atoms with Crippen LogP contribution >= 0.6 is 0 Å². The van der Waals surface area contributed by atoms with E-state index in [4.69, 9.17) is 0 Å². The number of anilines is 2. The first kappa shape index (κ1) is 17.3. The summed E-state index contributed by atoms with van der Waals surface area (Å²) in [6, 6.07) is 28.5. The molecule has 1 nitrogen and oxygen atoms in total. The number of hydrogen-bond acceptors (Lipinski definition) is 1. The maximum Gasteiger partial charge on any atom is 0.0495 e. The summed E-state index contributed by atoms with van der Waals surface area (Å²) < 4.78 is 0. The third-order valence-electron chi connectivity index (χ3n) is 4.57.